The number of para-hydroxylation sites is 1. The number of piperidine rings is 1. The lowest BCUT2D eigenvalue weighted by Gasteiger charge is -2.39. The van der Waals surface area contributed by atoms with Crippen LogP contribution in [0.4, 0.5) is 10.5 Å². The first-order chi connectivity index (χ1) is 8.84. The van der Waals surface area contributed by atoms with Gasteiger partial charge in [-0.25, -0.2) is 9.28 Å². The number of hydrogen-bond donors (Lipinski definition) is 2. The van der Waals surface area contributed by atoms with Crippen LogP contribution in [-0.2, 0) is 0 Å². The number of carbonyl (C=O) groups excluding carboxylic acids is 1. The first-order valence-electron chi connectivity index (χ1n) is 6.76. The summed E-state index contributed by atoms with van der Waals surface area (Å²) in [5.41, 5.74) is 1.14. The third-order valence-electron chi connectivity index (χ3n) is 4.25. The topological polar surface area (TPSA) is 41.1 Å². The molecular formula is C14H20N3O+. The highest BCUT2D eigenvalue weighted by molar-refractivity contribution is 5.89. The molecule has 2 aliphatic heterocycles. The zero-order valence-electron chi connectivity index (χ0n) is 10.6. The molecule has 0 aliphatic carbocycles. The second kappa shape index (κ2) is 4.71. The van der Waals surface area contributed by atoms with E-state index in [4.69, 9.17) is 0 Å². The van der Waals surface area contributed by atoms with Gasteiger partial charge in [-0.05, 0) is 12.1 Å². The molecule has 0 spiro atoms. The van der Waals surface area contributed by atoms with Gasteiger partial charge in [-0.1, -0.05) is 18.2 Å². The summed E-state index contributed by atoms with van der Waals surface area (Å²) in [7, 11) is 0. The van der Waals surface area contributed by atoms with Crippen LogP contribution < -0.4 is 15.1 Å². The van der Waals surface area contributed by atoms with Gasteiger partial charge in [0.25, 0.3) is 0 Å². The molecule has 2 fully saturated rings. The van der Waals surface area contributed by atoms with Gasteiger partial charge in [-0.2, -0.15) is 0 Å². The van der Waals surface area contributed by atoms with Crippen LogP contribution in [0, 0.1) is 0 Å². The Balaban J connectivity index is 2.01. The number of rotatable bonds is 2. The predicted octanol–water partition coefficient (Wildman–Crippen LogP) is 1.47. The monoisotopic (exact) mass is 246 g/mol. The van der Waals surface area contributed by atoms with Crippen molar-refractivity contribution >= 4 is 11.7 Å². The van der Waals surface area contributed by atoms with E-state index in [1.165, 1.54) is 0 Å². The second-order valence-electron chi connectivity index (χ2n) is 5.14. The molecule has 0 bridgehead atoms. The van der Waals surface area contributed by atoms with Gasteiger partial charge in [0.05, 0.1) is 6.54 Å². The van der Waals surface area contributed by atoms with E-state index in [1.54, 1.807) is 0 Å². The van der Waals surface area contributed by atoms with Gasteiger partial charge >= 0.3 is 6.03 Å². The third kappa shape index (κ3) is 1.72. The largest absolute Gasteiger partial charge is 0.422 e. The molecule has 1 aromatic carbocycles. The zero-order valence-corrected chi connectivity index (χ0v) is 10.6. The Morgan fingerprint density at radius 3 is 2.39 bits per heavy atom. The number of quaternary nitrogens is 1. The Hall–Kier alpha value is -1.39. The number of hydrogen-bond acceptors (Lipinski definition) is 2. The second-order valence-corrected chi connectivity index (χ2v) is 5.14. The Morgan fingerprint density at radius 1 is 1.06 bits per heavy atom. The summed E-state index contributed by atoms with van der Waals surface area (Å²) in [6.45, 7) is 3.71. The van der Waals surface area contributed by atoms with Gasteiger partial charge in [-0.3, -0.25) is 5.32 Å². The first kappa shape index (κ1) is 11.7. The Labute approximate surface area is 108 Å². The molecule has 96 valence electrons. The van der Waals surface area contributed by atoms with E-state index >= 15 is 0 Å². The summed E-state index contributed by atoms with van der Waals surface area (Å²) >= 11 is 0. The molecule has 2 N–H and O–H groups in total. The fraction of sp³-hybridized carbons (Fsp3) is 0.500. The summed E-state index contributed by atoms with van der Waals surface area (Å²) < 4.78 is 0.502. The Bertz CT molecular complexity index is 428. The van der Waals surface area contributed by atoms with Crippen molar-refractivity contribution in [3.8, 4) is 0 Å². The maximum absolute atomic E-state index is 12.4. The molecule has 2 aliphatic rings. The molecule has 2 saturated heterocycles. The summed E-state index contributed by atoms with van der Waals surface area (Å²) in [6, 6.07) is 10.8. The van der Waals surface area contributed by atoms with Crippen molar-refractivity contribution in [3.05, 3.63) is 30.3 Å². The van der Waals surface area contributed by atoms with Gasteiger partial charge in [0.15, 0.2) is 0 Å². The van der Waals surface area contributed by atoms with Crippen LogP contribution in [0.25, 0.3) is 0 Å². The molecule has 1 unspecified atom stereocenters. The quantitative estimate of drug-likeness (QED) is 0.776. The predicted molar refractivity (Wildman–Crippen MR) is 72.4 cm³/mol. The van der Waals surface area contributed by atoms with Crippen LogP contribution in [0.1, 0.15) is 12.8 Å². The minimum Gasteiger partial charge on any atom is -0.316 e. The minimum absolute atomic E-state index is 0.174. The molecule has 18 heavy (non-hydrogen) atoms. The molecule has 1 atom stereocenters. The van der Waals surface area contributed by atoms with Gasteiger partial charge in [-0.15, -0.1) is 0 Å². The average molecular weight is 246 g/mol. The van der Waals surface area contributed by atoms with E-state index in [9.17, 15) is 4.79 Å². The lowest BCUT2D eigenvalue weighted by molar-refractivity contribution is 0.183. The van der Waals surface area contributed by atoms with Gasteiger partial charge in [0, 0.05) is 25.9 Å². The summed E-state index contributed by atoms with van der Waals surface area (Å²) in [6.07, 6.45) is 2.14. The van der Waals surface area contributed by atoms with Crippen LogP contribution in [0.5, 0.6) is 0 Å². The minimum atomic E-state index is 0.174. The third-order valence-corrected chi connectivity index (χ3v) is 4.25. The molecule has 4 heteroatoms. The SMILES string of the molecule is O=C1NCC[N+]1(c1ccccc1)C1CCNCC1. The Morgan fingerprint density at radius 2 is 1.78 bits per heavy atom. The van der Waals surface area contributed by atoms with Gasteiger partial charge in [0.1, 0.15) is 18.3 Å². The molecule has 4 nitrogen and oxygen atoms in total. The van der Waals surface area contributed by atoms with Crippen LogP contribution in [0.2, 0.25) is 0 Å². The molecular weight excluding hydrogens is 226 g/mol. The number of urea groups is 1. The number of amides is 2. The van der Waals surface area contributed by atoms with E-state index < -0.39 is 0 Å². The maximum atomic E-state index is 12.4. The van der Waals surface area contributed by atoms with Gasteiger partial charge in [0.2, 0.25) is 0 Å². The number of carbonyl (C=O) groups is 1. The summed E-state index contributed by atoms with van der Waals surface area (Å²) in [4.78, 5) is 12.4. The van der Waals surface area contributed by atoms with Gasteiger partial charge < -0.3 is 5.32 Å². The van der Waals surface area contributed by atoms with Crippen LogP contribution in [-0.4, -0.2) is 38.3 Å². The summed E-state index contributed by atoms with van der Waals surface area (Å²) in [5.74, 6) is 0. The van der Waals surface area contributed by atoms with Crippen molar-refractivity contribution < 1.29 is 4.79 Å². The van der Waals surface area contributed by atoms with E-state index in [2.05, 4.69) is 22.8 Å². The molecule has 0 aromatic heterocycles. The van der Waals surface area contributed by atoms with Crippen molar-refractivity contribution in [2.45, 2.75) is 18.9 Å². The molecule has 0 radical (unpaired) electrons. The number of nitrogens with zero attached hydrogens (tertiary/aromatic N) is 1. The van der Waals surface area contributed by atoms with E-state index in [0.717, 1.165) is 44.7 Å². The van der Waals surface area contributed by atoms with Crippen molar-refractivity contribution in [2.75, 3.05) is 26.2 Å². The molecule has 0 saturated carbocycles. The normalized spacial score (nSPS) is 29.2. The first-order valence-corrected chi connectivity index (χ1v) is 6.76. The highest BCUT2D eigenvalue weighted by atomic mass is 16.2. The van der Waals surface area contributed by atoms with Crippen molar-refractivity contribution in [1.82, 2.24) is 15.1 Å². The highest BCUT2D eigenvalue weighted by Crippen LogP contribution is 2.32. The van der Waals surface area contributed by atoms with Crippen molar-refractivity contribution in [1.29, 1.82) is 0 Å². The van der Waals surface area contributed by atoms with Crippen molar-refractivity contribution in [2.24, 2.45) is 0 Å². The lowest BCUT2D eigenvalue weighted by Crippen LogP contribution is -2.61. The molecule has 2 heterocycles. The highest BCUT2D eigenvalue weighted by Gasteiger charge is 2.49. The molecule has 2 amide bonds. The maximum Gasteiger partial charge on any atom is 0.422 e. The molecule has 3 rings (SSSR count). The number of nitrogens with one attached hydrogen (secondary N) is 2. The molecule has 1 aromatic rings. The smallest absolute Gasteiger partial charge is 0.316 e. The van der Waals surface area contributed by atoms with Crippen LogP contribution >= 0.6 is 0 Å². The average Bonchev–Trinajstić information content (AvgIpc) is 2.84. The fourth-order valence-corrected chi connectivity index (χ4v) is 3.33. The van der Waals surface area contributed by atoms with Crippen LogP contribution in [0.15, 0.2) is 30.3 Å². The van der Waals surface area contributed by atoms with E-state index in [0.29, 0.717) is 10.5 Å². The standard InChI is InChI=1S/C14H19N3O/c18-14-16-10-11-17(14,12-4-2-1-3-5-12)13-6-8-15-9-7-13/h1-5,13,15H,6-11H2/p+1. The zero-order chi connectivity index (χ0) is 12.4. The van der Waals surface area contributed by atoms with Crippen LogP contribution in [0.3, 0.4) is 0 Å². The van der Waals surface area contributed by atoms with E-state index in [1.807, 2.05) is 18.2 Å². The summed E-state index contributed by atoms with van der Waals surface area (Å²) in [5, 5.41) is 6.40. The van der Waals surface area contributed by atoms with E-state index in [-0.39, 0.29) is 6.03 Å². The Kier molecular flexibility index (Phi) is 3.06. The van der Waals surface area contributed by atoms with Crippen molar-refractivity contribution in [3.63, 3.8) is 0 Å². The fourth-order valence-electron chi connectivity index (χ4n) is 3.33. The lowest BCUT2D eigenvalue weighted by atomic mass is 10.0. The number of benzene rings is 1.